The zero-order valence-electron chi connectivity index (χ0n) is 10.6. The Morgan fingerprint density at radius 1 is 1.05 bits per heavy atom. The first-order valence-electron chi connectivity index (χ1n) is 5.75. The standard InChI is InChI=1S/C15H11ClO4/c1-20-9-6-7-10(15(16)19)12(8-9)14(18)11-4-2-3-5-13(11)17/h2-8,17H,1H3. The van der Waals surface area contributed by atoms with E-state index in [0.29, 0.717) is 5.75 Å². The summed E-state index contributed by atoms with van der Waals surface area (Å²) in [5.41, 5.74) is 0.256. The summed E-state index contributed by atoms with van der Waals surface area (Å²) in [5, 5.41) is 8.98. The Balaban J connectivity index is 2.59. The van der Waals surface area contributed by atoms with Gasteiger partial charge in [-0.2, -0.15) is 0 Å². The highest BCUT2D eigenvalue weighted by Crippen LogP contribution is 2.25. The lowest BCUT2D eigenvalue weighted by molar-refractivity contribution is 0.102. The van der Waals surface area contributed by atoms with Gasteiger partial charge in [0, 0.05) is 11.1 Å². The topological polar surface area (TPSA) is 63.6 Å². The first-order valence-corrected chi connectivity index (χ1v) is 6.13. The number of phenols is 1. The normalized spacial score (nSPS) is 10.1. The van der Waals surface area contributed by atoms with Gasteiger partial charge in [0.2, 0.25) is 0 Å². The molecule has 5 heteroatoms. The van der Waals surface area contributed by atoms with Crippen LogP contribution in [0.5, 0.6) is 11.5 Å². The summed E-state index contributed by atoms with van der Waals surface area (Å²) in [6.07, 6.45) is 0. The van der Waals surface area contributed by atoms with Crippen molar-refractivity contribution in [3.63, 3.8) is 0 Å². The van der Waals surface area contributed by atoms with Crippen molar-refractivity contribution in [1.29, 1.82) is 0 Å². The highest BCUT2D eigenvalue weighted by atomic mass is 35.5. The van der Waals surface area contributed by atoms with Crippen LogP contribution in [0.25, 0.3) is 0 Å². The zero-order chi connectivity index (χ0) is 14.7. The summed E-state index contributed by atoms with van der Waals surface area (Å²) < 4.78 is 5.04. The third-order valence-corrected chi connectivity index (χ3v) is 3.04. The Kier molecular flexibility index (Phi) is 4.05. The molecule has 0 heterocycles. The monoisotopic (exact) mass is 290 g/mol. The molecule has 0 aliphatic carbocycles. The van der Waals surface area contributed by atoms with Crippen LogP contribution in [0.1, 0.15) is 26.3 Å². The Morgan fingerprint density at radius 2 is 1.75 bits per heavy atom. The molecular weight excluding hydrogens is 280 g/mol. The Bertz CT molecular complexity index is 679. The first-order chi connectivity index (χ1) is 9.54. The van der Waals surface area contributed by atoms with Gasteiger partial charge >= 0.3 is 0 Å². The molecule has 4 nitrogen and oxygen atoms in total. The molecule has 0 saturated carbocycles. The van der Waals surface area contributed by atoms with E-state index in [0.717, 1.165) is 0 Å². The number of hydrogen-bond donors (Lipinski definition) is 1. The van der Waals surface area contributed by atoms with Crippen LogP contribution in [-0.4, -0.2) is 23.2 Å². The molecule has 102 valence electrons. The van der Waals surface area contributed by atoms with Crippen molar-refractivity contribution in [2.24, 2.45) is 0 Å². The van der Waals surface area contributed by atoms with Crippen LogP contribution in [0.2, 0.25) is 0 Å². The van der Waals surface area contributed by atoms with Gasteiger partial charge in [-0.05, 0) is 41.9 Å². The molecule has 0 unspecified atom stereocenters. The van der Waals surface area contributed by atoms with Crippen LogP contribution >= 0.6 is 11.6 Å². The second-order valence-electron chi connectivity index (χ2n) is 4.03. The van der Waals surface area contributed by atoms with Gasteiger partial charge in [0.1, 0.15) is 11.5 Å². The molecule has 0 aromatic heterocycles. The van der Waals surface area contributed by atoms with Gasteiger partial charge in [0.15, 0.2) is 5.78 Å². The number of rotatable bonds is 4. The molecule has 1 N–H and O–H groups in total. The predicted octanol–water partition coefficient (Wildman–Crippen LogP) is 3.01. The fraction of sp³-hybridized carbons (Fsp3) is 0.0667. The van der Waals surface area contributed by atoms with E-state index in [9.17, 15) is 14.7 Å². The van der Waals surface area contributed by atoms with Gasteiger partial charge in [0.25, 0.3) is 5.24 Å². The third-order valence-electron chi connectivity index (χ3n) is 2.83. The van der Waals surface area contributed by atoms with Crippen LogP contribution < -0.4 is 4.74 Å². The van der Waals surface area contributed by atoms with E-state index >= 15 is 0 Å². The molecule has 0 bridgehead atoms. The van der Waals surface area contributed by atoms with Crippen molar-refractivity contribution < 1.29 is 19.4 Å². The quantitative estimate of drug-likeness (QED) is 0.694. The largest absolute Gasteiger partial charge is 0.507 e. The first kappa shape index (κ1) is 14.1. The minimum Gasteiger partial charge on any atom is -0.507 e. The Morgan fingerprint density at radius 3 is 2.35 bits per heavy atom. The van der Waals surface area contributed by atoms with Gasteiger partial charge in [-0.15, -0.1) is 0 Å². The van der Waals surface area contributed by atoms with Crippen LogP contribution in [0.3, 0.4) is 0 Å². The van der Waals surface area contributed by atoms with Crippen molar-refractivity contribution in [2.45, 2.75) is 0 Å². The number of benzene rings is 2. The van der Waals surface area contributed by atoms with Crippen molar-refractivity contribution in [2.75, 3.05) is 7.11 Å². The third kappa shape index (κ3) is 2.65. The molecule has 20 heavy (non-hydrogen) atoms. The maximum atomic E-state index is 12.4. The van der Waals surface area contributed by atoms with Gasteiger partial charge in [-0.1, -0.05) is 12.1 Å². The Labute approximate surface area is 120 Å². The fourth-order valence-electron chi connectivity index (χ4n) is 1.82. The number of carbonyl (C=O) groups is 2. The molecule has 2 aromatic rings. The minimum absolute atomic E-state index is 0.0701. The number of hydrogen-bond acceptors (Lipinski definition) is 4. The van der Waals surface area contributed by atoms with Crippen molar-refractivity contribution >= 4 is 22.6 Å². The summed E-state index contributed by atoms with van der Waals surface area (Å²) in [6.45, 7) is 0. The SMILES string of the molecule is COc1ccc(C(=O)Cl)c(C(=O)c2ccccc2O)c1. The number of halogens is 1. The molecule has 2 aromatic carbocycles. The number of carbonyl (C=O) groups excluding carboxylic acids is 2. The van der Waals surface area contributed by atoms with Gasteiger partial charge < -0.3 is 9.84 Å². The number of para-hydroxylation sites is 1. The Hall–Kier alpha value is -2.33. The van der Waals surface area contributed by atoms with Crippen LogP contribution in [0, 0.1) is 0 Å². The summed E-state index contributed by atoms with van der Waals surface area (Å²) in [6, 6.07) is 10.5. The van der Waals surface area contributed by atoms with E-state index in [4.69, 9.17) is 16.3 Å². The lowest BCUT2D eigenvalue weighted by Crippen LogP contribution is -2.08. The van der Waals surface area contributed by atoms with Crippen molar-refractivity contribution in [3.8, 4) is 11.5 Å². The maximum Gasteiger partial charge on any atom is 0.253 e. The second-order valence-corrected chi connectivity index (χ2v) is 4.37. The molecular formula is C15H11ClO4. The van der Waals surface area contributed by atoms with E-state index < -0.39 is 11.0 Å². The predicted molar refractivity (Wildman–Crippen MR) is 74.7 cm³/mol. The van der Waals surface area contributed by atoms with E-state index in [1.807, 2.05) is 0 Å². The molecule has 0 aliphatic rings. The molecule has 0 saturated heterocycles. The lowest BCUT2D eigenvalue weighted by Gasteiger charge is -2.09. The van der Waals surface area contributed by atoms with Crippen molar-refractivity contribution in [1.82, 2.24) is 0 Å². The van der Waals surface area contributed by atoms with Crippen molar-refractivity contribution in [3.05, 3.63) is 59.2 Å². The number of ketones is 1. The average molecular weight is 291 g/mol. The highest BCUT2D eigenvalue weighted by molar-refractivity contribution is 6.68. The smallest absolute Gasteiger partial charge is 0.253 e. The second kappa shape index (κ2) is 5.75. The zero-order valence-corrected chi connectivity index (χ0v) is 11.3. The molecule has 0 aliphatic heterocycles. The summed E-state index contributed by atoms with van der Waals surface area (Å²) >= 11 is 5.48. The minimum atomic E-state index is -0.744. The molecule has 0 atom stereocenters. The summed E-state index contributed by atoms with van der Waals surface area (Å²) in [7, 11) is 1.45. The van der Waals surface area contributed by atoms with E-state index in [2.05, 4.69) is 0 Å². The number of ether oxygens (including phenoxy) is 1. The van der Waals surface area contributed by atoms with Gasteiger partial charge in [-0.25, -0.2) is 0 Å². The number of methoxy groups -OCH3 is 1. The fourth-order valence-corrected chi connectivity index (χ4v) is 1.99. The van der Waals surface area contributed by atoms with Crippen LogP contribution in [-0.2, 0) is 0 Å². The highest BCUT2D eigenvalue weighted by Gasteiger charge is 2.20. The summed E-state index contributed by atoms with van der Waals surface area (Å²) in [4.78, 5) is 23.8. The number of phenolic OH excluding ortho intramolecular Hbond substituents is 1. The van der Waals surface area contributed by atoms with Crippen LogP contribution in [0.4, 0.5) is 0 Å². The summed E-state index contributed by atoms with van der Waals surface area (Å²) in [5.74, 6) is -0.232. The average Bonchev–Trinajstić information content (AvgIpc) is 2.46. The lowest BCUT2D eigenvalue weighted by atomic mass is 9.98. The molecule has 0 amide bonds. The van der Waals surface area contributed by atoms with E-state index in [1.54, 1.807) is 12.1 Å². The van der Waals surface area contributed by atoms with Crippen LogP contribution in [0.15, 0.2) is 42.5 Å². The van der Waals surface area contributed by atoms with E-state index in [1.165, 1.54) is 37.4 Å². The molecule has 0 radical (unpaired) electrons. The number of aromatic hydroxyl groups is 1. The van der Waals surface area contributed by atoms with E-state index in [-0.39, 0.29) is 22.4 Å². The molecule has 2 rings (SSSR count). The maximum absolute atomic E-state index is 12.4. The molecule has 0 spiro atoms. The van der Waals surface area contributed by atoms with Gasteiger partial charge in [0.05, 0.1) is 12.7 Å². The molecule has 0 fully saturated rings. The van der Waals surface area contributed by atoms with Gasteiger partial charge in [-0.3, -0.25) is 9.59 Å².